The van der Waals surface area contributed by atoms with Crippen molar-refractivity contribution in [1.29, 1.82) is 0 Å². The number of aromatic nitrogens is 2. The number of aryl methyl sites for hydroxylation is 1. The van der Waals surface area contributed by atoms with Crippen LogP contribution in [0.5, 0.6) is 11.5 Å². The van der Waals surface area contributed by atoms with Gasteiger partial charge in [0.2, 0.25) is 11.8 Å². The second-order valence-electron chi connectivity index (χ2n) is 5.22. The number of phenolic OH excluding ortho intramolecular Hbond substituents is 1. The zero-order valence-electron chi connectivity index (χ0n) is 12.0. The fourth-order valence-electron chi connectivity index (χ4n) is 2.13. The maximum absolute atomic E-state index is 9.77. The van der Waals surface area contributed by atoms with Gasteiger partial charge < -0.3 is 19.6 Å². The summed E-state index contributed by atoms with van der Waals surface area (Å²) in [5, 5.41) is 21.3. The van der Waals surface area contributed by atoms with Crippen LogP contribution < -0.4 is 10.1 Å². The van der Waals surface area contributed by atoms with Gasteiger partial charge in [0.25, 0.3) is 0 Å². The summed E-state index contributed by atoms with van der Waals surface area (Å²) in [5.74, 6) is 1.52. The Kier molecular flexibility index (Phi) is 4.06. The zero-order valence-corrected chi connectivity index (χ0v) is 12.0. The predicted octanol–water partition coefficient (Wildman–Crippen LogP) is 2.14. The van der Waals surface area contributed by atoms with E-state index in [1.807, 2.05) is 0 Å². The molecule has 3 rings (SSSR count). The Bertz CT molecular complexity index is 608. The van der Waals surface area contributed by atoms with Gasteiger partial charge in [0.1, 0.15) is 0 Å². The van der Waals surface area contributed by atoms with Crippen LogP contribution in [0.2, 0.25) is 0 Å². The highest BCUT2D eigenvalue weighted by Crippen LogP contribution is 2.30. The Morgan fingerprint density at radius 1 is 1.38 bits per heavy atom. The van der Waals surface area contributed by atoms with Gasteiger partial charge in [-0.1, -0.05) is 0 Å². The molecule has 1 aromatic carbocycles. The summed E-state index contributed by atoms with van der Waals surface area (Å²) in [6.07, 6.45) is 4.33. The zero-order chi connectivity index (χ0) is 14.7. The lowest BCUT2D eigenvalue weighted by atomic mass is 10.2. The maximum Gasteiger partial charge on any atom is 0.247 e. The number of rotatable bonds is 7. The van der Waals surface area contributed by atoms with Gasteiger partial charge >= 0.3 is 0 Å². The van der Waals surface area contributed by atoms with Crippen molar-refractivity contribution in [3.05, 3.63) is 24.1 Å². The van der Waals surface area contributed by atoms with Gasteiger partial charge in [-0.3, -0.25) is 0 Å². The van der Waals surface area contributed by atoms with E-state index in [0.29, 0.717) is 23.1 Å². The number of ether oxygens (including phenoxy) is 1. The molecular formula is C15H19N3O3. The largest absolute Gasteiger partial charge is 0.504 e. The van der Waals surface area contributed by atoms with Crippen LogP contribution in [0, 0.1) is 0 Å². The average Bonchev–Trinajstić information content (AvgIpc) is 3.20. The van der Waals surface area contributed by atoms with Gasteiger partial charge in [-0.15, -0.1) is 10.2 Å². The fraction of sp³-hybridized carbons (Fsp3) is 0.467. The highest BCUT2D eigenvalue weighted by Gasteiger charge is 2.19. The third-order valence-corrected chi connectivity index (χ3v) is 3.47. The average molecular weight is 289 g/mol. The molecule has 1 aromatic heterocycles. The molecule has 6 heteroatoms. The van der Waals surface area contributed by atoms with E-state index in [-0.39, 0.29) is 5.75 Å². The van der Waals surface area contributed by atoms with Gasteiger partial charge in [-0.05, 0) is 44.0 Å². The molecular weight excluding hydrogens is 270 g/mol. The Morgan fingerprint density at radius 3 is 2.95 bits per heavy atom. The SMILES string of the molecule is COc1ccc(-c2nnc(CCCNC3CC3)o2)cc1O. The molecule has 1 saturated carbocycles. The predicted molar refractivity (Wildman–Crippen MR) is 77.3 cm³/mol. The number of phenols is 1. The van der Waals surface area contributed by atoms with Gasteiger partial charge in [0.05, 0.1) is 7.11 Å². The Hall–Kier alpha value is -2.08. The monoisotopic (exact) mass is 289 g/mol. The minimum absolute atomic E-state index is 0.0587. The second kappa shape index (κ2) is 6.13. The number of methoxy groups -OCH3 is 1. The topological polar surface area (TPSA) is 80.4 Å². The van der Waals surface area contributed by atoms with Gasteiger partial charge in [-0.2, -0.15) is 0 Å². The van der Waals surface area contributed by atoms with E-state index < -0.39 is 0 Å². The maximum atomic E-state index is 9.77. The van der Waals surface area contributed by atoms with Gasteiger partial charge in [0.15, 0.2) is 11.5 Å². The molecule has 0 amide bonds. The highest BCUT2D eigenvalue weighted by atomic mass is 16.5. The summed E-state index contributed by atoms with van der Waals surface area (Å²) in [4.78, 5) is 0. The lowest BCUT2D eigenvalue weighted by Gasteiger charge is -2.03. The summed E-state index contributed by atoms with van der Waals surface area (Å²) >= 11 is 0. The first kappa shape index (κ1) is 13.9. The van der Waals surface area contributed by atoms with Crippen LogP contribution in [0.1, 0.15) is 25.2 Å². The van der Waals surface area contributed by atoms with Crippen LogP contribution in [0.15, 0.2) is 22.6 Å². The van der Waals surface area contributed by atoms with E-state index >= 15 is 0 Å². The normalized spacial score (nSPS) is 14.3. The first-order chi connectivity index (χ1) is 10.3. The fourth-order valence-corrected chi connectivity index (χ4v) is 2.13. The molecule has 2 aromatic rings. The van der Waals surface area contributed by atoms with E-state index in [0.717, 1.165) is 25.4 Å². The van der Waals surface area contributed by atoms with Gasteiger partial charge in [-0.25, -0.2) is 0 Å². The number of nitrogens with one attached hydrogen (secondary N) is 1. The standard InChI is InChI=1S/C15H19N3O3/c1-20-13-7-4-10(9-12(13)19)15-18-17-14(21-15)3-2-8-16-11-5-6-11/h4,7,9,11,16,19H,2-3,5-6,8H2,1H3. The molecule has 0 spiro atoms. The van der Waals surface area contributed by atoms with Crippen molar-refractivity contribution in [1.82, 2.24) is 15.5 Å². The number of nitrogens with zero attached hydrogens (tertiary/aromatic N) is 2. The molecule has 21 heavy (non-hydrogen) atoms. The highest BCUT2D eigenvalue weighted by molar-refractivity contribution is 5.59. The molecule has 0 atom stereocenters. The van der Waals surface area contributed by atoms with Crippen molar-refractivity contribution < 1.29 is 14.3 Å². The van der Waals surface area contributed by atoms with E-state index in [9.17, 15) is 5.11 Å². The molecule has 0 bridgehead atoms. The van der Waals surface area contributed by atoms with Crippen LogP contribution in [0.4, 0.5) is 0 Å². The van der Waals surface area contributed by atoms with Crippen molar-refractivity contribution in [3.63, 3.8) is 0 Å². The van der Waals surface area contributed by atoms with E-state index in [1.54, 1.807) is 18.2 Å². The third-order valence-electron chi connectivity index (χ3n) is 3.47. The molecule has 1 heterocycles. The van der Waals surface area contributed by atoms with Crippen LogP contribution >= 0.6 is 0 Å². The summed E-state index contributed by atoms with van der Waals surface area (Å²) in [7, 11) is 1.51. The van der Waals surface area contributed by atoms with Crippen LogP contribution in [-0.4, -0.2) is 35.0 Å². The second-order valence-corrected chi connectivity index (χ2v) is 5.22. The molecule has 1 aliphatic carbocycles. The van der Waals surface area contributed by atoms with E-state index in [4.69, 9.17) is 9.15 Å². The third kappa shape index (κ3) is 3.52. The first-order valence-corrected chi connectivity index (χ1v) is 7.19. The van der Waals surface area contributed by atoms with Crippen molar-refractivity contribution in [2.75, 3.05) is 13.7 Å². The van der Waals surface area contributed by atoms with Gasteiger partial charge in [0, 0.05) is 18.0 Å². The number of aromatic hydroxyl groups is 1. The molecule has 1 fully saturated rings. The molecule has 112 valence electrons. The minimum atomic E-state index is 0.0587. The Labute approximate surface area is 123 Å². The van der Waals surface area contributed by atoms with E-state index in [2.05, 4.69) is 15.5 Å². The molecule has 0 radical (unpaired) electrons. The number of hydrogen-bond donors (Lipinski definition) is 2. The first-order valence-electron chi connectivity index (χ1n) is 7.19. The Balaban J connectivity index is 1.59. The summed E-state index contributed by atoms with van der Waals surface area (Å²) in [6, 6.07) is 5.74. The van der Waals surface area contributed by atoms with Crippen molar-refractivity contribution in [2.24, 2.45) is 0 Å². The van der Waals surface area contributed by atoms with Crippen LogP contribution in [0.3, 0.4) is 0 Å². The summed E-state index contributed by atoms with van der Waals surface area (Å²) in [6.45, 7) is 0.978. The molecule has 6 nitrogen and oxygen atoms in total. The number of benzene rings is 1. The molecule has 0 unspecified atom stereocenters. The Morgan fingerprint density at radius 2 is 2.24 bits per heavy atom. The van der Waals surface area contributed by atoms with Crippen molar-refractivity contribution in [3.8, 4) is 23.0 Å². The lowest BCUT2D eigenvalue weighted by molar-refractivity contribution is 0.373. The lowest BCUT2D eigenvalue weighted by Crippen LogP contribution is -2.17. The summed E-state index contributed by atoms with van der Waals surface area (Å²) in [5.41, 5.74) is 0.683. The van der Waals surface area contributed by atoms with Crippen molar-refractivity contribution in [2.45, 2.75) is 31.7 Å². The molecule has 1 aliphatic rings. The quantitative estimate of drug-likeness (QED) is 0.760. The van der Waals surface area contributed by atoms with Crippen LogP contribution in [0.25, 0.3) is 11.5 Å². The summed E-state index contributed by atoms with van der Waals surface area (Å²) < 4.78 is 10.6. The minimum Gasteiger partial charge on any atom is -0.504 e. The number of hydrogen-bond acceptors (Lipinski definition) is 6. The molecule has 0 aliphatic heterocycles. The van der Waals surface area contributed by atoms with E-state index in [1.165, 1.54) is 20.0 Å². The molecule has 0 saturated heterocycles. The van der Waals surface area contributed by atoms with Crippen LogP contribution in [-0.2, 0) is 6.42 Å². The smallest absolute Gasteiger partial charge is 0.247 e. The molecule has 2 N–H and O–H groups in total. The van der Waals surface area contributed by atoms with Crippen molar-refractivity contribution >= 4 is 0 Å².